The van der Waals surface area contributed by atoms with Crippen LogP contribution in [-0.4, -0.2) is 6.04 Å². The van der Waals surface area contributed by atoms with Crippen LogP contribution in [0.2, 0.25) is 0 Å². The fraction of sp³-hybridized carbons (Fsp3) is 0.333. The van der Waals surface area contributed by atoms with Crippen molar-refractivity contribution in [3.05, 3.63) is 58.1 Å². The third-order valence-electron chi connectivity index (χ3n) is 4.28. The SMILES string of the molecule is CC(N)c1ccc(N2c3ccccc3CCC2C)cc1Br. The van der Waals surface area contributed by atoms with Crippen LogP contribution in [0.5, 0.6) is 0 Å². The first-order valence-corrected chi connectivity index (χ1v) is 8.29. The zero-order valence-electron chi connectivity index (χ0n) is 12.5. The van der Waals surface area contributed by atoms with E-state index in [0.717, 1.165) is 16.5 Å². The highest BCUT2D eigenvalue weighted by Crippen LogP contribution is 2.38. The summed E-state index contributed by atoms with van der Waals surface area (Å²) in [4.78, 5) is 2.44. The number of para-hydroxylation sites is 1. The summed E-state index contributed by atoms with van der Waals surface area (Å²) in [7, 11) is 0. The Morgan fingerprint density at radius 3 is 2.71 bits per heavy atom. The van der Waals surface area contributed by atoms with E-state index in [1.54, 1.807) is 0 Å². The molecule has 110 valence electrons. The third kappa shape index (κ3) is 2.72. The largest absolute Gasteiger partial charge is 0.338 e. The molecule has 0 amide bonds. The zero-order chi connectivity index (χ0) is 15.0. The lowest BCUT2D eigenvalue weighted by Gasteiger charge is -2.37. The second-order valence-electron chi connectivity index (χ2n) is 5.88. The highest BCUT2D eigenvalue weighted by molar-refractivity contribution is 9.10. The first-order valence-electron chi connectivity index (χ1n) is 7.50. The Kier molecular flexibility index (Phi) is 4.05. The molecule has 0 radical (unpaired) electrons. The van der Waals surface area contributed by atoms with Gasteiger partial charge >= 0.3 is 0 Å². The molecule has 1 heterocycles. The summed E-state index contributed by atoms with van der Waals surface area (Å²) in [6.45, 7) is 4.31. The van der Waals surface area contributed by atoms with Crippen LogP contribution in [0.15, 0.2) is 46.9 Å². The summed E-state index contributed by atoms with van der Waals surface area (Å²) in [5, 5.41) is 0. The summed E-state index contributed by atoms with van der Waals surface area (Å²) in [5.74, 6) is 0. The number of halogens is 1. The summed E-state index contributed by atoms with van der Waals surface area (Å²) in [5.41, 5.74) is 11.1. The van der Waals surface area contributed by atoms with Gasteiger partial charge in [0.05, 0.1) is 0 Å². The minimum absolute atomic E-state index is 0.0412. The van der Waals surface area contributed by atoms with Gasteiger partial charge in [-0.1, -0.05) is 40.2 Å². The van der Waals surface area contributed by atoms with Crippen LogP contribution in [0.25, 0.3) is 0 Å². The molecule has 2 aromatic carbocycles. The van der Waals surface area contributed by atoms with E-state index in [-0.39, 0.29) is 6.04 Å². The number of hydrogen-bond donors (Lipinski definition) is 1. The second kappa shape index (κ2) is 5.82. The number of rotatable bonds is 2. The van der Waals surface area contributed by atoms with Crippen LogP contribution in [0.4, 0.5) is 11.4 Å². The topological polar surface area (TPSA) is 29.3 Å². The van der Waals surface area contributed by atoms with Gasteiger partial charge in [0, 0.05) is 27.9 Å². The van der Waals surface area contributed by atoms with Crippen LogP contribution in [0, 0.1) is 0 Å². The summed E-state index contributed by atoms with van der Waals surface area (Å²) in [6, 6.07) is 15.8. The van der Waals surface area contributed by atoms with E-state index in [9.17, 15) is 0 Å². The zero-order valence-corrected chi connectivity index (χ0v) is 14.1. The molecule has 2 nitrogen and oxygen atoms in total. The van der Waals surface area contributed by atoms with Crippen LogP contribution in [0.3, 0.4) is 0 Å². The quantitative estimate of drug-likeness (QED) is 0.835. The van der Waals surface area contributed by atoms with Crippen molar-refractivity contribution in [1.82, 2.24) is 0 Å². The molecule has 2 atom stereocenters. The van der Waals surface area contributed by atoms with Crippen molar-refractivity contribution in [2.75, 3.05) is 4.90 Å². The van der Waals surface area contributed by atoms with Gasteiger partial charge in [0.25, 0.3) is 0 Å². The van der Waals surface area contributed by atoms with E-state index in [0.29, 0.717) is 6.04 Å². The lowest BCUT2D eigenvalue weighted by Crippen LogP contribution is -2.33. The maximum atomic E-state index is 6.00. The normalized spacial score (nSPS) is 19.2. The van der Waals surface area contributed by atoms with Crippen molar-refractivity contribution in [3.8, 4) is 0 Å². The minimum Gasteiger partial charge on any atom is -0.338 e. The van der Waals surface area contributed by atoms with Crippen molar-refractivity contribution >= 4 is 27.3 Å². The molecule has 1 aliphatic rings. The number of nitrogens with two attached hydrogens (primary N) is 1. The highest BCUT2D eigenvalue weighted by Gasteiger charge is 2.24. The summed E-state index contributed by atoms with van der Waals surface area (Å²) < 4.78 is 1.09. The Morgan fingerprint density at radius 1 is 1.24 bits per heavy atom. The maximum absolute atomic E-state index is 6.00. The molecule has 0 bridgehead atoms. The van der Waals surface area contributed by atoms with Gasteiger partial charge in [0.2, 0.25) is 0 Å². The van der Waals surface area contributed by atoms with E-state index in [1.165, 1.54) is 23.4 Å². The molecule has 0 aromatic heterocycles. The lowest BCUT2D eigenvalue weighted by atomic mass is 9.95. The van der Waals surface area contributed by atoms with Crippen LogP contribution in [0.1, 0.15) is 37.4 Å². The number of nitrogens with zero attached hydrogens (tertiary/aromatic N) is 1. The Labute approximate surface area is 135 Å². The molecule has 2 N–H and O–H groups in total. The van der Waals surface area contributed by atoms with E-state index in [1.807, 2.05) is 6.92 Å². The van der Waals surface area contributed by atoms with Crippen molar-refractivity contribution < 1.29 is 0 Å². The van der Waals surface area contributed by atoms with Crippen molar-refractivity contribution in [1.29, 1.82) is 0 Å². The van der Waals surface area contributed by atoms with E-state index in [4.69, 9.17) is 5.73 Å². The lowest BCUT2D eigenvalue weighted by molar-refractivity contribution is 0.618. The first kappa shape index (κ1) is 14.6. The Balaban J connectivity index is 2.05. The van der Waals surface area contributed by atoms with Crippen LogP contribution < -0.4 is 10.6 Å². The van der Waals surface area contributed by atoms with E-state index in [2.05, 4.69) is 70.2 Å². The van der Waals surface area contributed by atoms with Gasteiger partial charge in [-0.25, -0.2) is 0 Å². The Bertz CT molecular complexity index is 651. The average molecular weight is 345 g/mol. The van der Waals surface area contributed by atoms with Crippen molar-refractivity contribution in [2.45, 2.75) is 38.8 Å². The molecule has 0 spiro atoms. The number of anilines is 2. The molecule has 2 unspecified atom stereocenters. The Morgan fingerprint density at radius 2 is 2.00 bits per heavy atom. The van der Waals surface area contributed by atoms with Crippen molar-refractivity contribution in [3.63, 3.8) is 0 Å². The predicted octanol–water partition coefficient (Wildman–Crippen LogP) is 4.94. The minimum atomic E-state index is 0.0412. The van der Waals surface area contributed by atoms with Gasteiger partial charge < -0.3 is 10.6 Å². The molecular formula is C18H21BrN2. The molecular weight excluding hydrogens is 324 g/mol. The second-order valence-corrected chi connectivity index (χ2v) is 6.74. The van der Waals surface area contributed by atoms with Gasteiger partial charge in [-0.3, -0.25) is 0 Å². The molecule has 3 rings (SSSR count). The standard InChI is InChI=1S/C18H21BrN2/c1-12-7-8-14-5-3-4-6-18(14)21(12)15-9-10-16(13(2)20)17(19)11-15/h3-6,9-13H,7-8,20H2,1-2H3. The van der Waals surface area contributed by atoms with E-state index >= 15 is 0 Å². The van der Waals surface area contributed by atoms with Gasteiger partial charge in [-0.2, -0.15) is 0 Å². The Hall–Kier alpha value is -1.32. The monoisotopic (exact) mass is 344 g/mol. The fourth-order valence-electron chi connectivity index (χ4n) is 3.12. The van der Waals surface area contributed by atoms with E-state index < -0.39 is 0 Å². The number of fused-ring (bicyclic) bond motifs is 1. The third-order valence-corrected chi connectivity index (χ3v) is 4.96. The van der Waals surface area contributed by atoms with Gasteiger partial charge in [0.15, 0.2) is 0 Å². The van der Waals surface area contributed by atoms with Gasteiger partial charge in [0.1, 0.15) is 0 Å². The maximum Gasteiger partial charge on any atom is 0.0445 e. The van der Waals surface area contributed by atoms with Gasteiger partial charge in [-0.15, -0.1) is 0 Å². The smallest absolute Gasteiger partial charge is 0.0445 e. The molecule has 21 heavy (non-hydrogen) atoms. The predicted molar refractivity (Wildman–Crippen MR) is 93.1 cm³/mol. The first-order chi connectivity index (χ1) is 10.1. The fourth-order valence-corrected chi connectivity index (χ4v) is 3.84. The summed E-state index contributed by atoms with van der Waals surface area (Å²) >= 11 is 3.67. The summed E-state index contributed by atoms with van der Waals surface area (Å²) in [6.07, 6.45) is 2.34. The highest BCUT2D eigenvalue weighted by atomic mass is 79.9. The molecule has 3 heteroatoms. The molecule has 1 aliphatic heterocycles. The number of benzene rings is 2. The van der Waals surface area contributed by atoms with Crippen LogP contribution >= 0.6 is 15.9 Å². The number of hydrogen-bond acceptors (Lipinski definition) is 2. The molecule has 0 saturated heterocycles. The molecule has 0 fully saturated rings. The number of aryl methyl sites for hydroxylation is 1. The van der Waals surface area contributed by atoms with Crippen LogP contribution in [-0.2, 0) is 6.42 Å². The van der Waals surface area contributed by atoms with Crippen molar-refractivity contribution in [2.24, 2.45) is 5.73 Å². The molecule has 2 aromatic rings. The molecule has 0 aliphatic carbocycles. The average Bonchev–Trinajstić information content (AvgIpc) is 2.46. The molecule has 0 saturated carbocycles. The van der Waals surface area contributed by atoms with Gasteiger partial charge in [-0.05, 0) is 56.0 Å².